The van der Waals surface area contributed by atoms with Gasteiger partial charge in [0.1, 0.15) is 11.9 Å². The van der Waals surface area contributed by atoms with E-state index in [1.807, 2.05) is 18.2 Å². The Morgan fingerprint density at radius 1 is 1.42 bits per heavy atom. The molecule has 0 saturated heterocycles. The van der Waals surface area contributed by atoms with E-state index in [0.29, 0.717) is 12.0 Å². The quantitative estimate of drug-likeness (QED) is 0.733. The predicted octanol–water partition coefficient (Wildman–Crippen LogP) is 4.41. The van der Waals surface area contributed by atoms with Crippen LogP contribution < -0.4 is 4.74 Å². The molecule has 2 heteroatoms. The number of carbonyl (C=O) groups excluding carboxylic acids is 1. The van der Waals surface area contributed by atoms with Crippen LogP contribution in [0.4, 0.5) is 0 Å². The fourth-order valence-electron chi connectivity index (χ4n) is 2.98. The Kier molecular flexibility index (Phi) is 4.62. The average Bonchev–Trinajstić information content (AvgIpc) is 2.43. The zero-order chi connectivity index (χ0) is 13.8. The highest BCUT2D eigenvalue weighted by atomic mass is 16.5. The van der Waals surface area contributed by atoms with Crippen molar-refractivity contribution in [3.8, 4) is 5.75 Å². The lowest BCUT2D eigenvalue weighted by Crippen LogP contribution is -2.30. The first-order chi connectivity index (χ1) is 9.15. The first-order valence-electron chi connectivity index (χ1n) is 7.46. The molecule has 0 aliphatic carbocycles. The first-order valence-corrected chi connectivity index (χ1v) is 7.46. The predicted molar refractivity (Wildman–Crippen MR) is 77.9 cm³/mol. The number of ketones is 1. The maximum Gasteiger partial charge on any atom is 0.159 e. The Bertz CT molecular complexity index is 451. The fourth-order valence-corrected chi connectivity index (χ4v) is 2.98. The van der Waals surface area contributed by atoms with Gasteiger partial charge in [0.15, 0.2) is 5.78 Å². The Labute approximate surface area is 116 Å². The molecule has 1 heterocycles. The van der Waals surface area contributed by atoms with Crippen LogP contribution in [0, 0.1) is 5.92 Å². The molecule has 19 heavy (non-hydrogen) atoms. The van der Waals surface area contributed by atoms with E-state index in [9.17, 15) is 4.79 Å². The van der Waals surface area contributed by atoms with Crippen molar-refractivity contribution in [1.29, 1.82) is 0 Å². The smallest absolute Gasteiger partial charge is 0.159 e. The van der Waals surface area contributed by atoms with Gasteiger partial charge in [-0.1, -0.05) is 20.3 Å². The third kappa shape index (κ3) is 3.17. The third-order valence-electron chi connectivity index (χ3n) is 4.15. The number of hydrogen-bond donors (Lipinski definition) is 0. The lowest BCUT2D eigenvalue weighted by atomic mass is 9.88. The van der Waals surface area contributed by atoms with Gasteiger partial charge in [0, 0.05) is 5.56 Å². The number of rotatable bonds is 5. The summed E-state index contributed by atoms with van der Waals surface area (Å²) >= 11 is 0. The molecule has 1 aliphatic rings. The molecule has 0 bridgehead atoms. The zero-order valence-corrected chi connectivity index (χ0v) is 12.2. The van der Waals surface area contributed by atoms with E-state index < -0.39 is 0 Å². The normalized spacial score (nSPS) is 19.4. The van der Waals surface area contributed by atoms with Gasteiger partial charge in [0.2, 0.25) is 0 Å². The van der Waals surface area contributed by atoms with E-state index >= 15 is 0 Å². The zero-order valence-electron chi connectivity index (χ0n) is 12.2. The van der Waals surface area contributed by atoms with Gasteiger partial charge in [-0.05, 0) is 62.3 Å². The highest BCUT2D eigenvalue weighted by Crippen LogP contribution is 2.33. The van der Waals surface area contributed by atoms with Crippen molar-refractivity contribution in [2.24, 2.45) is 5.92 Å². The van der Waals surface area contributed by atoms with Crippen LogP contribution in [0.2, 0.25) is 0 Å². The van der Waals surface area contributed by atoms with Crippen molar-refractivity contribution < 1.29 is 9.53 Å². The number of Topliss-reactive ketones (excluding diaryl/α,β-unsaturated/α-hetero) is 1. The highest BCUT2D eigenvalue weighted by Gasteiger charge is 2.26. The molecule has 2 nitrogen and oxygen atoms in total. The molecule has 104 valence electrons. The molecule has 1 aromatic carbocycles. The molecule has 2 unspecified atom stereocenters. The van der Waals surface area contributed by atoms with Crippen molar-refractivity contribution in [3.05, 3.63) is 29.3 Å². The second-order valence-corrected chi connectivity index (χ2v) is 5.53. The van der Waals surface area contributed by atoms with Crippen LogP contribution in [0.5, 0.6) is 5.75 Å². The molecule has 1 aromatic rings. The summed E-state index contributed by atoms with van der Waals surface area (Å²) in [6.07, 6.45) is 6.09. The number of aryl methyl sites for hydroxylation is 1. The number of ether oxygens (including phenoxy) is 1. The molecular weight excluding hydrogens is 236 g/mol. The molecule has 0 radical (unpaired) electrons. The lowest BCUT2D eigenvalue weighted by molar-refractivity contribution is 0.100. The van der Waals surface area contributed by atoms with E-state index in [1.165, 1.54) is 24.8 Å². The molecule has 0 N–H and O–H groups in total. The van der Waals surface area contributed by atoms with Gasteiger partial charge >= 0.3 is 0 Å². The standard InChI is InChI=1S/C17H24O2/c1-4-6-13(5-2)16-10-8-15-11-14(12(3)18)7-9-17(15)19-16/h7,9,11,13,16H,4-6,8,10H2,1-3H3. The number of carbonyl (C=O) groups is 1. The molecule has 2 rings (SSSR count). The van der Waals surface area contributed by atoms with Crippen LogP contribution in [0.1, 0.15) is 62.4 Å². The van der Waals surface area contributed by atoms with Crippen LogP contribution in [0.3, 0.4) is 0 Å². The van der Waals surface area contributed by atoms with Crippen LogP contribution in [0.15, 0.2) is 18.2 Å². The maximum absolute atomic E-state index is 11.4. The third-order valence-corrected chi connectivity index (χ3v) is 4.15. The van der Waals surface area contributed by atoms with Crippen LogP contribution in [0.25, 0.3) is 0 Å². The molecule has 2 atom stereocenters. The number of hydrogen-bond acceptors (Lipinski definition) is 2. The summed E-state index contributed by atoms with van der Waals surface area (Å²) < 4.78 is 6.16. The average molecular weight is 260 g/mol. The molecular formula is C17H24O2. The summed E-state index contributed by atoms with van der Waals surface area (Å²) in [6.45, 7) is 6.10. The summed E-state index contributed by atoms with van der Waals surface area (Å²) in [5.74, 6) is 1.77. The van der Waals surface area contributed by atoms with E-state index in [0.717, 1.165) is 24.2 Å². The minimum atomic E-state index is 0.127. The van der Waals surface area contributed by atoms with Crippen molar-refractivity contribution in [2.75, 3.05) is 0 Å². The summed E-state index contributed by atoms with van der Waals surface area (Å²) in [5, 5.41) is 0. The minimum absolute atomic E-state index is 0.127. The topological polar surface area (TPSA) is 26.3 Å². The molecule has 1 aliphatic heterocycles. The van der Waals surface area contributed by atoms with Gasteiger partial charge in [-0.3, -0.25) is 4.79 Å². The first kappa shape index (κ1) is 14.1. The van der Waals surface area contributed by atoms with Gasteiger partial charge in [0.25, 0.3) is 0 Å². The summed E-state index contributed by atoms with van der Waals surface area (Å²) in [7, 11) is 0. The fraction of sp³-hybridized carbons (Fsp3) is 0.588. The van der Waals surface area contributed by atoms with Crippen molar-refractivity contribution in [3.63, 3.8) is 0 Å². The van der Waals surface area contributed by atoms with Gasteiger partial charge < -0.3 is 4.74 Å². The largest absolute Gasteiger partial charge is 0.490 e. The van der Waals surface area contributed by atoms with Crippen LogP contribution in [-0.4, -0.2) is 11.9 Å². The number of fused-ring (bicyclic) bond motifs is 1. The lowest BCUT2D eigenvalue weighted by Gasteiger charge is -2.32. The molecule has 0 spiro atoms. The Balaban J connectivity index is 2.14. The van der Waals surface area contributed by atoms with Gasteiger partial charge in [-0.25, -0.2) is 0 Å². The Morgan fingerprint density at radius 3 is 2.84 bits per heavy atom. The van der Waals surface area contributed by atoms with Crippen molar-refractivity contribution in [1.82, 2.24) is 0 Å². The highest BCUT2D eigenvalue weighted by molar-refractivity contribution is 5.94. The monoisotopic (exact) mass is 260 g/mol. The minimum Gasteiger partial charge on any atom is -0.490 e. The SMILES string of the molecule is CCCC(CC)C1CCc2cc(C(C)=O)ccc2O1. The maximum atomic E-state index is 11.4. The number of benzene rings is 1. The molecule has 0 saturated carbocycles. The second kappa shape index (κ2) is 6.23. The van der Waals surface area contributed by atoms with Crippen molar-refractivity contribution in [2.45, 2.75) is 59.0 Å². The van der Waals surface area contributed by atoms with E-state index in [-0.39, 0.29) is 5.78 Å². The second-order valence-electron chi connectivity index (χ2n) is 5.53. The van der Waals surface area contributed by atoms with Gasteiger partial charge in [0.05, 0.1) is 0 Å². The summed E-state index contributed by atoms with van der Waals surface area (Å²) in [6, 6.07) is 5.84. The van der Waals surface area contributed by atoms with Gasteiger partial charge in [-0.2, -0.15) is 0 Å². The summed E-state index contributed by atoms with van der Waals surface area (Å²) in [5.41, 5.74) is 1.98. The molecule has 0 aromatic heterocycles. The van der Waals surface area contributed by atoms with E-state index in [4.69, 9.17) is 4.74 Å². The Hall–Kier alpha value is -1.31. The van der Waals surface area contributed by atoms with E-state index in [1.54, 1.807) is 6.92 Å². The van der Waals surface area contributed by atoms with E-state index in [2.05, 4.69) is 13.8 Å². The molecule has 0 amide bonds. The summed E-state index contributed by atoms with van der Waals surface area (Å²) in [4.78, 5) is 11.4. The van der Waals surface area contributed by atoms with Gasteiger partial charge in [-0.15, -0.1) is 0 Å². The molecule has 0 fully saturated rings. The van der Waals surface area contributed by atoms with Crippen molar-refractivity contribution >= 4 is 5.78 Å². The Morgan fingerprint density at radius 2 is 2.21 bits per heavy atom. The van der Waals surface area contributed by atoms with Crippen LogP contribution in [-0.2, 0) is 6.42 Å². The van der Waals surface area contributed by atoms with Crippen LogP contribution >= 0.6 is 0 Å².